The van der Waals surface area contributed by atoms with Crippen molar-refractivity contribution in [3.05, 3.63) is 0 Å². The molecule has 0 spiro atoms. The lowest BCUT2D eigenvalue weighted by Crippen LogP contribution is -2.53. The van der Waals surface area contributed by atoms with Crippen molar-refractivity contribution in [2.45, 2.75) is 32.0 Å². The molecule has 1 atom stereocenters. The molecule has 0 aromatic rings. The predicted octanol–water partition coefficient (Wildman–Crippen LogP) is 1.29. The maximum atomic E-state index is 11.7. The molecule has 6 heteroatoms. The van der Waals surface area contributed by atoms with Gasteiger partial charge < -0.3 is 10.1 Å². The molecule has 0 aromatic heterocycles. The second-order valence-electron chi connectivity index (χ2n) is 3.34. The molecule has 0 saturated heterocycles. The highest BCUT2D eigenvalue weighted by atomic mass is 28.3. The summed E-state index contributed by atoms with van der Waals surface area (Å²) in [5, 5.41) is 8.52. The Kier molecular flexibility index (Phi) is 3.10. The number of aliphatic hydroxyl groups is 1. The van der Waals surface area contributed by atoms with Gasteiger partial charge in [0, 0.05) is 0 Å². The summed E-state index contributed by atoms with van der Waals surface area (Å²) in [4.78, 5) is 2.13. The second kappa shape index (κ2) is 3.12. The van der Waals surface area contributed by atoms with Gasteiger partial charge in [0.05, 0.1) is 0 Å². The molecule has 1 unspecified atom stereocenters. The first-order valence-electron chi connectivity index (χ1n) is 3.15. The Hall–Kier alpha value is -0.0731. The Balaban J connectivity index is 3.99. The fourth-order valence-electron chi connectivity index (χ4n) is 0.492. The summed E-state index contributed by atoms with van der Waals surface area (Å²) in [5.74, 6) is 0. The van der Waals surface area contributed by atoms with Crippen molar-refractivity contribution in [1.82, 2.24) is 4.98 Å². The molecule has 0 rings (SSSR count). The molecule has 0 heterocycles. The predicted molar refractivity (Wildman–Crippen MR) is 38.5 cm³/mol. The van der Waals surface area contributed by atoms with Crippen molar-refractivity contribution in [2.24, 2.45) is 0 Å². The first kappa shape index (κ1) is 10.9. The smallest absolute Gasteiger partial charge is 0.371 e. The zero-order valence-corrected chi connectivity index (χ0v) is 7.66. The summed E-state index contributed by atoms with van der Waals surface area (Å²) in [7, 11) is -2.05. The van der Waals surface area contributed by atoms with Gasteiger partial charge in [0.25, 0.3) is 0 Å². The van der Waals surface area contributed by atoms with Gasteiger partial charge in [-0.25, -0.2) is 0 Å². The van der Waals surface area contributed by atoms with Crippen molar-refractivity contribution in [3.63, 3.8) is 0 Å². The van der Waals surface area contributed by atoms with E-state index in [0.717, 1.165) is 0 Å². The van der Waals surface area contributed by atoms with Crippen LogP contribution in [0, 0.1) is 0 Å². The van der Waals surface area contributed by atoms with Crippen LogP contribution in [-0.4, -0.2) is 25.7 Å². The number of halogens is 3. The van der Waals surface area contributed by atoms with Gasteiger partial charge in [-0.2, -0.15) is 13.2 Å². The van der Waals surface area contributed by atoms with Gasteiger partial charge in [-0.15, -0.1) is 0 Å². The monoisotopic (exact) mass is 187 g/mol. The normalized spacial score (nSPS) is 16.6. The van der Waals surface area contributed by atoms with E-state index in [1.807, 2.05) is 0 Å². The fraction of sp³-hybridized carbons (Fsp3) is 1.00. The van der Waals surface area contributed by atoms with E-state index in [2.05, 4.69) is 4.98 Å². The van der Waals surface area contributed by atoms with E-state index in [9.17, 15) is 13.2 Å². The van der Waals surface area contributed by atoms with Crippen LogP contribution in [0.1, 0.15) is 0 Å². The van der Waals surface area contributed by atoms with E-state index in [1.54, 1.807) is 19.6 Å². The standard InChI is InChI=1S/C5H12F3NOSi/c1-11(2,3)9-4(10)5(6,7)8/h4,9-10H,1-3H3. The largest absolute Gasteiger partial charge is 0.427 e. The highest BCUT2D eigenvalue weighted by Crippen LogP contribution is 2.19. The molecule has 0 radical (unpaired) electrons. The van der Waals surface area contributed by atoms with E-state index in [-0.39, 0.29) is 0 Å². The van der Waals surface area contributed by atoms with Gasteiger partial charge in [0.15, 0.2) is 6.23 Å². The molecule has 0 fully saturated rings. The zero-order valence-electron chi connectivity index (χ0n) is 6.66. The number of nitrogens with one attached hydrogen (secondary N) is 1. The Morgan fingerprint density at radius 3 is 1.73 bits per heavy atom. The molecular weight excluding hydrogens is 175 g/mol. The van der Waals surface area contributed by atoms with Gasteiger partial charge in [-0.05, 0) is 0 Å². The minimum atomic E-state index is -4.56. The molecule has 11 heavy (non-hydrogen) atoms. The third-order valence-corrected chi connectivity index (χ3v) is 2.02. The number of hydrogen-bond donors (Lipinski definition) is 2. The molecule has 0 bridgehead atoms. The summed E-state index contributed by atoms with van der Waals surface area (Å²) >= 11 is 0. The lowest BCUT2D eigenvalue weighted by molar-refractivity contribution is -0.207. The first-order chi connectivity index (χ1) is 4.63. The third kappa shape index (κ3) is 5.22. The average molecular weight is 187 g/mol. The van der Waals surface area contributed by atoms with Crippen LogP contribution in [0.5, 0.6) is 0 Å². The Labute approximate surface area is 64.5 Å². The molecule has 2 N–H and O–H groups in total. The molecule has 2 nitrogen and oxygen atoms in total. The first-order valence-corrected chi connectivity index (χ1v) is 6.65. The number of aliphatic hydroxyl groups excluding tert-OH is 1. The lowest BCUT2D eigenvalue weighted by atomic mass is 10.6. The van der Waals surface area contributed by atoms with Gasteiger partial charge in [-0.3, -0.25) is 0 Å². The van der Waals surface area contributed by atoms with E-state index in [4.69, 9.17) is 5.11 Å². The quantitative estimate of drug-likeness (QED) is 0.504. The molecule has 0 amide bonds. The molecule has 0 saturated carbocycles. The topological polar surface area (TPSA) is 32.3 Å². The Morgan fingerprint density at radius 2 is 1.64 bits per heavy atom. The maximum absolute atomic E-state index is 11.7. The third-order valence-electron chi connectivity index (χ3n) is 0.880. The van der Waals surface area contributed by atoms with Crippen LogP contribution in [0.15, 0.2) is 0 Å². The van der Waals surface area contributed by atoms with Gasteiger partial charge in [0.1, 0.15) is 8.24 Å². The summed E-state index contributed by atoms with van der Waals surface area (Å²) in [6, 6.07) is 0. The van der Waals surface area contributed by atoms with E-state index in [0.29, 0.717) is 0 Å². The van der Waals surface area contributed by atoms with Gasteiger partial charge >= 0.3 is 6.18 Å². The maximum Gasteiger partial charge on any atom is 0.427 e. The van der Waals surface area contributed by atoms with E-state index < -0.39 is 20.6 Å². The average Bonchev–Trinajstić information content (AvgIpc) is 1.56. The van der Waals surface area contributed by atoms with Gasteiger partial charge in [0.2, 0.25) is 0 Å². The van der Waals surface area contributed by atoms with Crippen LogP contribution in [0.3, 0.4) is 0 Å². The van der Waals surface area contributed by atoms with Crippen LogP contribution in [0.4, 0.5) is 13.2 Å². The highest BCUT2D eigenvalue weighted by molar-refractivity contribution is 6.73. The number of hydrogen-bond acceptors (Lipinski definition) is 2. The summed E-state index contributed by atoms with van der Waals surface area (Å²) < 4.78 is 35.1. The van der Waals surface area contributed by atoms with Crippen molar-refractivity contribution in [2.75, 3.05) is 0 Å². The molecule has 0 aliphatic rings. The van der Waals surface area contributed by atoms with E-state index in [1.165, 1.54) is 0 Å². The van der Waals surface area contributed by atoms with Crippen molar-refractivity contribution in [1.29, 1.82) is 0 Å². The lowest BCUT2D eigenvalue weighted by Gasteiger charge is -2.24. The molecule has 68 valence electrons. The van der Waals surface area contributed by atoms with Crippen LogP contribution in [-0.2, 0) is 0 Å². The van der Waals surface area contributed by atoms with Crippen molar-refractivity contribution in [3.8, 4) is 0 Å². The second-order valence-corrected chi connectivity index (χ2v) is 8.13. The minimum Gasteiger partial charge on any atom is -0.371 e. The highest BCUT2D eigenvalue weighted by Gasteiger charge is 2.40. The number of alkyl halides is 3. The molecule has 0 aromatic carbocycles. The summed E-state index contributed by atoms with van der Waals surface area (Å²) in [5.41, 5.74) is 0. The summed E-state index contributed by atoms with van der Waals surface area (Å²) in [6.07, 6.45) is -6.94. The molecular formula is C5H12F3NOSi. The van der Waals surface area contributed by atoms with E-state index >= 15 is 0 Å². The van der Waals surface area contributed by atoms with Crippen LogP contribution in [0.2, 0.25) is 19.6 Å². The fourth-order valence-corrected chi connectivity index (χ4v) is 1.48. The Morgan fingerprint density at radius 1 is 1.27 bits per heavy atom. The van der Waals surface area contributed by atoms with Crippen LogP contribution >= 0.6 is 0 Å². The molecule has 0 aliphatic heterocycles. The van der Waals surface area contributed by atoms with Crippen LogP contribution in [0.25, 0.3) is 0 Å². The van der Waals surface area contributed by atoms with Crippen molar-refractivity contribution < 1.29 is 18.3 Å². The molecule has 0 aliphatic carbocycles. The summed E-state index contributed by atoms with van der Waals surface area (Å²) in [6.45, 7) is 5.05. The minimum absolute atomic E-state index is 1.68. The van der Waals surface area contributed by atoms with Crippen molar-refractivity contribution >= 4 is 8.24 Å². The Bertz CT molecular complexity index is 131. The van der Waals surface area contributed by atoms with Gasteiger partial charge in [-0.1, -0.05) is 19.6 Å². The number of rotatable bonds is 2. The zero-order chi connectivity index (χ0) is 9.28. The van der Waals surface area contributed by atoms with Crippen LogP contribution < -0.4 is 4.98 Å². The SMILES string of the molecule is C[Si](C)(C)NC(O)C(F)(F)F.